The van der Waals surface area contributed by atoms with E-state index in [0.717, 1.165) is 5.56 Å². The summed E-state index contributed by atoms with van der Waals surface area (Å²) in [7, 11) is 0. The van der Waals surface area contributed by atoms with Crippen molar-refractivity contribution in [2.24, 2.45) is 4.99 Å². The molecule has 0 saturated heterocycles. The number of hydrogen-bond acceptors (Lipinski definition) is 3. The second-order valence-corrected chi connectivity index (χ2v) is 6.96. The zero-order valence-electron chi connectivity index (χ0n) is 14.5. The number of para-hydroxylation sites is 1. The Bertz CT molecular complexity index is 1000. The van der Waals surface area contributed by atoms with Crippen LogP contribution in [0.2, 0.25) is 15.1 Å². The molecule has 0 spiro atoms. The first-order chi connectivity index (χ1) is 13.5. The number of carbonyl (C=O) groups excluding carboxylic acids is 1. The van der Waals surface area contributed by atoms with Crippen molar-refractivity contribution >= 4 is 58.3 Å². The average molecular weight is 434 g/mol. The second-order valence-electron chi connectivity index (χ2n) is 5.74. The molecule has 0 atom stereocenters. The van der Waals surface area contributed by atoms with Gasteiger partial charge >= 0.3 is 0 Å². The van der Waals surface area contributed by atoms with Crippen LogP contribution >= 0.6 is 34.8 Å². The molecule has 1 amide bonds. The Morgan fingerprint density at radius 2 is 1.68 bits per heavy atom. The number of anilines is 1. The molecule has 0 saturated carbocycles. The van der Waals surface area contributed by atoms with Gasteiger partial charge in [-0.3, -0.25) is 9.79 Å². The summed E-state index contributed by atoms with van der Waals surface area (Å²) in [6, 6.07) is 19.4. The molecule has 0 aliphatic carbocycles. The molecule has 0 heterocycles. The second kappa shape index (κ2) is 9.60. The molecule has 142 valence electrons. The Labute approximate surface area is 177 Å². The molecule has 0 bridgehead atoms. The van der Waals surface area contributed by atoms with Crippen molar-refractivity contribution in [3.05, 3.63) is 87.4 Å². The fourth-order valence-electron chi connectivity index (χ4n) is 2.26. The molecule has 0 aliphatic heterocycles. The van der Waals surface area contributed by atoms with Gasteiger partial charge in [-0.1, -0.05) is 46.9 Å². The van der Waals surface area contributed by atoms with Crippen LogP contribution in [0.5, 0.6) is 5.75 Å². The number of rotatable bonds is 6. The monoisotopic (exact) mass is 432 g/mol. The smallest absolute Gasteiger partial charge is 0.262 e. The molecule has 3 aromatic carbocycles. The van der Waals surface area contributed by atoms with E-state index in [9.17, 15) is 4.79 Å². The number of ether oxygens (including phenoxy) is 1. The molecule has 0 aliphatic rings. The summed E-state index contributed by atoms with van der Waals surface area (Å²) in [6.07, 6.45) is 1.70. The number of halogens is 3. The Morgan fingerprint density at radius 3 is 2.39 bits per heavy atom. The van der Waals surface area contributed by atoms with Crippen molar-refractivity contribution in [3.63, 3.8) is 0 Å². The van der Waals surface area contributed by atoms with Crippen LogP contribution in [0.25, 0.3) is 0 Å². The molecule has 0 aromatic heterocycles. The van der Waals surface area contributed by atoms with Gasteiger partial charge in [-0.25, -0.2) is 0 Å². The molecule has 3 rings (SSSR count). The Balaban J connectivity index is 1.54. The number of carbonyl (C=O) groups is 1. The fraction of sp³-hybridized carbons (Fsp3) is 0.0476. The van der Waals surface area contributed by atoms with Crippen LogP contribution in [0, 0.1) is 0 Å². The first-order valence-corrected chi connectivity index (χ1v) is 9.41. The third-order valence-electron chi connectivity index (χ3n) is 3.66. The fourth-order valence-corrected chi connectivity index (χ4v) is 2.74. The van der Waals surface area contributed by atoms with Gasteiger partial charge in [0.25, 0.3) is 5.91 Å². The van der Waals surface area contributed by atoms with Gasteiger partial charge in [0.15, 0.2) is 6.61 Å². The van der Waals surface area contributed by atoms with Crippen molar-refractivity contribution in [2.45, 2.75) is 0 Å². The lowest BCUT2D eigenvalue weighted by molar-refractivity contribution is -0.118. The molecule has 1 N–H and O–H groups in total. The first-order valence-electron chi connectivity index (χ1n) is 8.27. The lowest BCUT2D eigenvalue weighted by atomic mass is 10.2. The molecule has 28 heavy (non-hydrogen) atoms. The van der Waals surface area contributed by atoms with Gasteiger partial charge in [0.05, 0.1) is 26.4 Å². The highest BCUT2D eigenvalue weighted by atomic mass is 35.5. The van der Waals surface area contributed by atoms with Crippen LogP contribution in [0.1, 0.15) is 5.56 Å². The number of hydrogen-bond donors (Lipinski definition) is 1. The van der Waals surface area contributed by atoms with E-state index in [1.165, 1.54) is 0 Å². The van der Waals surface area contributed by atoms with Crippen LogP contribution in [-0.2, 0) is 4.79 Å². The Kier molecular flexibility index (Phi) is 6.93. The van der Waals surface area contributed by atoms with Crippen LogP contribution in [0.15, 0.2) is 71.7 Å². The van der Waals surface area contributed by atoms with Crippen LogP contribution in [0.3, 0.4) is 0 Å². The van der Waals surface area contributed by atoms with Gasteiger partial charge in [-0.15, -0.1) is 0 Å². The van der Waals surface area contributed by atoms with Gasteiger partial charge in [0, 0.05) is 6.21 Å². The summed E-state index contributed by atoms with van der Waals surface area (Å²) in [6.45, 7) is -0.123. The van der Waals surface area contributed by atoms with E-state index in [0.29, 0.717) is 32.2 Å². The highest BCUT2D eigenvalue weighted by Crippen LogP contribution is 2.26. The molecule has 3 aromatic rings. The lowest BCUT2D eigenvalue weighted by Crippen LogP contribution is -2.20. The summed E-state index contributed by atoms with van der Waals surface area (Å²) in [5.74, 6) is 0.277. The summed E-state index contributed by atoms with van der Waals surface area (Å²) >= 11 is 17.9. The van der Waals surface area contributed by atoms with Gasteiger partial charge in [-0.2, -0.15) is 0 Å². The standard InChI is InChI=1S/C21H15Cl3N2O2/c22-17-10-7-15(11-19(17)24)25-12-14-5-8-16(9-6-14)28-13-21(27)26-20-4-2-1-3-18(20)23/h1-12H,13H2,(H,26,27). The van der Waals surface area contributed by atoms with Gasteiger partial charge in [0.1, 0.15) is 5.75 Å². The Hall–Kier alpha value is -2.53. The minimum absolute atomic E-state index is 0.123. The summed E-state index contributed by atoms with van der Waals surface area (Å²) in [5.41, 5.74) is 2.12. The minimum Gasteiger partial charge on any atom is -0.484 e. The zero-order valence-corrected chi connectivity index (χ0v) is 16.8. The lowest BCUT2D eigenvalue weighted by Gasteiger charge is -2.08. The molecule has 0 unspecified atom stereocenters. The van der Waals surface area contributed by atoms with Gasteiger partial charge in [-0.05, 0) is 60.2 Å². The predicted octanol–water partition coefficient (Wildman–Crippen LogP) is 6.41. The maximum absolute atomic E-state index is 12.0. The van der Waals surface area contributed by atoms with Crippen LogP contribution < -0.4 is 10.1 Å². The molecule has 4 nitrogen and oxygen atoms in total. The van der Waals surface area contributed by atoms with Crippen molar-refractivity contribution in [1.82, 2.24) is 0 Å². The predicted molar refractivity (Wildman–Crippen MR) is 116 cm³/mol. The van der Waals surface area contributed by atoms with E-state index >= 15 is 0 Å². The van der Waals surface area contributed by atoms with Gasteiger partial charge in [0.2, 0.25) is 0 Å². The average Bonchev–Trinajstić information content (AvgIpc) is 2.70. The molecule has 0 fully saturated rings. The van der Waals surface area contributed by atoms with E-state index in [1.54, 1.807) is 60.8 Å². The van der Waals surface area contributed by atoms with E-state index in [-0.39, 0.29) is 12.5 Å². The third-order valence-corrected chi connectivity index (χ3v) is 4.73. The number of nitrogens with one attached hydrogen (secondary N) is 1. The van der Waals surface area contributed by atoms with Crippen LogP contribution in [0.4, 0.5) is 11.4 Å². The highest BCUT2D eigenvalue weighted by molar-refractivity contribution is 6.42. The van der Waals surface area contributed by atoms with E-state index in [2.05, 4.69) is 10.3 Å². The van der Waals surface area contributed by atoms with E-state index in [1.807, 2.05) is 12.1 Å². The van der Waals surface area contributed by atoms with Crippen molar-refractivity contribution in [1.29, 1.82) is 0 Å². The van der Waals surface area contributed by atoms with Crippen molar-refractivity contribution < 1.29 is 9.53 Å². The maximum atomic E-state index is 12.0. The Morgan fingerprint density at radius 1 is 0.929 bits per heavy atom. The zero-order chi connectivity index (χ0) is 19.9. The first kappa shape index (κ1) is 20.2. The topological polar surface area (TPSA) is 50.7 Å². The molecule has 7 heteroatoms. The van der Waals surface area contributed by atoms with Gasteiger partial charge < -0.3 is 10.1 Å². The number of aliphatic imine (C=N–C) groups is 1. The number of benzene rings is 3. The van der Waals surface area contributed by atoms with E-state index < -0.39 is 0 Å². The minimum atomic E-state index is -0.293. The third kappa shape index (κ3) is 5.73. The summed E-state index contributed by atoms with van der Waals surface area (Å²) in [4.78, 5) is 16.3. The van der Waals surface area contributed by atoms with E-state index in [4.69, 9.17) is 39.5 Å². The SMILES string of the molecule is O=C(COc1ccc(C=Nc2ccc(Cl)c(Cl)c2)cc1)Nc1ccccc1Cl. The van der Waals surface area contributed by atoms with Crippen molar-refractivity contribution in [2.75, 3.05) is 11.9 Å². The highest BCUT2D eigenvalue weighted by Gasteiger charge is 2.06. The molecular formula is C21H15Cl3N2O2. The maximum Gasteiger partial charge on any atom is 0.262 e. The summed E-state index contributed by atoms with van der Waals surface area (Å²) < 4.78 is 5.49. The quantitative estimate of drug-likeness (QED) is 0.456. The summed E-state index contributed by atoms with van der Waals surface area (Å²) in [5, 5.41) is 4.12. The largest absolute Gasteiger partial charge is 0.484 e. The molecular weight excluding hydrogens is 419 g/mol. The number of amides is 1. The van der Waals surface area contributed by atoms with Crippen LogP contribution in [-0.4, -0.2) is 18.7 Å². The normalized spacial score (nSPS) is 10.8. The number of nitrogens with zero attached hydrogens (tertiary/aromatic N) is 1. The van der Waals surface area contributed by atoms with Crippen molar-refractivity contribution in [3.8, 4) is 5.75 Å². The molecule has 0 radical (unpaired) electrons.